The van der Waals surface area contributed by atoms with Gasteiger partial charge in [-0.15, -0.1) is 0 Å². The third-order valence-electron chi connectivity index (χ3n) is 5.31. The molecule has 1 saturated heterocycles. The maximum absolute atomic E-state index is 3.96. The number of nitrogens with zero attached hydrogens (tertiary/aromatic N) is 1. The van der Waals surface area contributed by atoms with Gasteiger partial charge in [-0.05, 0) is 31.4 Å². The van der Waals surface area contributed by atoms with Gasteiger partial charge in [-0.25, -0.2) is 0 Å². The minimum absolute atomic E-state index is 0.439. The molecule has 2 nitrogen and oxygen atoms in total. The van der Waals surface area contributed by atoms with Crippen molar-refractivity contribution in [2.75, 3.05) is 24.6 Å². The van der Waals surface area contributed by atoms with Crippen molar-refractivity contribution < 1.29 is 0 Å². The van der Waals surface area contributed by atoms with E-state index in [1.54, 1.807) is 0 Å². The van der Waals surface area contributed by atoms with Gasteiger partial charge in [0.1, 0.15) is 0 Å². The van der Waals surface area contributed by atoms with E-state index in [9.17, 15) is 0 Å². The maximum Gasteiger partial charge on any atom is 0.0309 e. The van der Waals surface area contributed by atoms with E-state index in [-0.39, 0.29) is 0 Å². The minimum Gasteiger partial charge on any atom is -0.308 e. The first-order valence-electron chi connectivity index (χ1n) is 8.66. The zero-order valence-corrected chi connectivity index (χ0v) is 14.8. The van der Waals surface area contributed by atoms with Crippen LogP contribution in [0.5, 0.6) is 0 Å². The summed E-state index contributed by atoms with van der Waals surface area (Å²) in [6.07, 6.45) is 7.07. The Labute approximate surface area is 130 Å². The SMILES string of the molecule is CCSCC(C)N1CC2(CCCCC2)NCC1C(C)C. The first-order valence-corrected chi connectivity index (χ1v) is 9.82. The second-order valence-electron chi connectivity index (χ2n) is 7.21. The van der Waals surface area contributed by atoms with Crippen LogP contribution in [0.15, 0.2) is 0 Å². The summed E-state index contributed by atoms with van der Waals surface area (Å²) in [5, 5.41) is 3.96. The molecule has 20 heavy (non-hydrogen) atoms. The van der Waals surface area contributed by atoms with E-state index in [1.165, 1.54) is 56.7 Å². The fraction of sp³-hybridized carbons (Fsp3) is 1.00. The summed E-state index contributed by atoms with van der Waals surface area (Å²) in [4.78, 5) is 2.84. The van der Waals surface area contributed by atoms with Gasteiger partial charge in [-0.3, -0.25) is 4.90 Å². The smallest absolute Gasteiger partial charge is 0.0309 e. The van der Waals surface area contributed by atoms with E-state index in [4.69, 9.17) is 0 Å². The van der Waals surface area contributed by atoms with Crippen molar-refractivity contribution >= 4 is 11.8 Å². The molecule has 1 aliphatic heterocycles. The zero-order valence-electron chi connectivity index (χ0n) is 14.0. The molecule has 0 bridgehead atoms. The second-order valence-corrected chi connectivity index (χ2v) is 8.53. The Hall–Kier alpha value is 0.270. The predicted molar refractivity (Wildman–Crippen MR) is 91.6 cm³/mol. The number of piperazine rings is 1. The van der Waals surface area contributed by atoms with Crippen LogP contribution in [-0.2, 0) is 0 Å². The van der Waals surface area contributed by atoms with Crippen LogP contribution in [0, 0.1) is 5.92 Å². The molecule has 1 saturated carbocycles. The fourth-order valence-electron chi connectivity index (χ4n) is 4.01. The van der Waals surface area contributed by atoms with Gasteiger partial charge in [-0.1, -0.05) is 40.0 Å². The molecule has 2 atom stereocenters. The highest BCUT2D eigenvalue weighted by molar-refractivity contribution is 7.99. The lowest BCUT2D eigenvalue weighted by Crippen LogP contribution is -2.67. The Morgan fingerprint density at radius 3 is 2.50 bits per heavy atom. The molecule has 0 aromatic rings. The number of rotatable bonds is 5. The standard InChI is InChI=1S/C17H34N2S/c1-5-20-12-15(4)19-13-17(9-7-6-8-10-17)18-11-16(19)14(2)3/h14-16,18H,5-13H2,1-4H3. The van der Waals surface area contributed by atoms with E-state index in [2.05, 4.69) is 49.7 Å². The molecule has 2 fully saturated rings. The Kier molecular flexibility index (Phi) is 6.25. The van der Waals surface area contributed by atoms with Crippen LogP contribution in [-0.4, -0.2) is 47.1 Å². The summed E-state index contributed by atoms with van der Waals surface area (Å²) >= 11 is 2.10. The highest BCUT2D eigenvalue weighted by atomic mass is 32.2. The van der Waals surface area contributed by atoms with E-state index >= 15 is 0 Å². The van der Waals surface area contributed by atoms with Crippen molar-refractivity contribution in [3.05, 3.63) is 0 Å². The molecule has 2 rings (SSSR count). The van der Waals surface area contributed by atoms with Crippen LogP contribution in [0.3, 0.4) is 0 Å². The van der Waals surface area contributed by atoms with Gasteiger partial charge in [0, 0.05) is 36.5 Å². The molecule has 3 heteroatoms. The first kappa shape index (κ1) is 16.6. The summed E-state index contributed by atoms with van der Waals surface area (Å²) in [6.45, 7) is 12.0. The zero-order chi connectivity index (χ0) is 14.6. The number of hydrogen-bond acceptors (Lipinski definition) is 3. The van der Waals surface area contributed by atoms with Crippen molar-refractivity contribution in [3.63, 3.8) is 0 Å². The van der Waals surface area contributed by atoms with E-state index in [1.807, 2.05) is 0 Å². The van der Waals surface area contributed by atoms with Gasteiger partial charge < -0.3 is 5.32 Å². The average Bonchev–Trinajstić information content (AvgIpc) is 2.45. The quantitative estimate of drug-likeness (QED) is 0.832. The maximum atomic E-state index is 3.96. The second kappa shape index (κ2) is 7.51. The van der Waals surface area contributed by atoms with Crippen LogP contribution < -0.4 is 5.32 Å². The monoisotopic (exact) mass is 298 g/mol. The lowest BCUT2D eigenvalue weighted by molar-refractivity contribution is 0.0170. The normalized spacial score (nSPS) is 28.9. The summed E-state index contributed by atoms with van der Waals surface area (Å²) in [7, 11) is 0. The summed E-state index contributed by atoms with van der Waals surface area (Å²) in [6, 6.07) is 1.43. The van der Waals surface area contributed by atoms with Crippen molar-refractivity contribution in [1.82, 2.24) is 10.2 Å². The van der Waals surface area contributed by atoms with Gasteiger partial charge in [0.2, 0.25) is 0 Å². The third-order valence-corrected chi connectivity index (χ3v) is 6.43. The van der Waals surface area contributed by atoms with Gasteiger partial charge >= 0.3 is 0 Å². The van der Waals surface area contributed by atoms with Gasteiger partial charge in [-0.2, -0.15) is 11.8 Å². The van der Waals surface area contributed by atoms with Gasteiger partial charge in [0.15, 0.2) is 0 Å². The van der Waals surface area contributed by atoms with Crippen molar-refractivity contribution in [2.24, 2.45) is 5.92 Å². The molecular weight excluding hydrogens is 264 g/mol. The molecule has 118 valence electrons. The van der Waals surface area contributed by atoms with E-state index in [0.717, 1.165) is 12.0 Å². The van der Waals surface area contributed by atoms with Crippen molar-refractivity contribution in [2.45, 2.75) is 77.4 Å². The predicted octanol–water partition coefficient (Wildman–Crippen LogP) is 3.76. The largest absolute Gasteiger partial charge is 0.308 e. The van der Waals surface area contributed by atoms with Crippen LogP contribution in [0.4, 0.5) is 0 Å². The Morgan fingerprint density at radius 2 is 1.90 bits per heavy atom. The topological polar surface area (TPSA) is 15.3 Å². The van der Waals surface area contributed by atoms with Crippen molar-refractivity contribution in [3.8, 4) is 0 Å². The fourth-order valence-corrected chi connectivity index (χ4v) is 4.78. The Balaban J connectivity index is 2.04. The number of hydrogen-bond donors (Lipinski definition) is 1. The summed E-state index contributed by atoms with van der Waals surface area (Å²) < 4.78 is 0. The van der Waals surface area contributed by atoms with Crippen molar-refractivity contribution in [1.29, 1.82) is 0 Å². The van der Waals surface area contributed by atoms with Crippen LogP contribution >= 0.6 is 11.8 Å². The van der Waals surface area contributed by atoms with Crippen LogP contribution in [0.2, 0.25) is 0 Å². The molecule has 1 N–H and O–H groups in total. The first-order chi connectivity index (χ1) is 9.58. The molecule has 1 aliphatic carbocycles. The van der Waals surface area contributed by atoms with E-state index in [0.29, 0.717) is 11.6 Å². The molecular formula is C17H34N2S. The van der Waals surface area contributed by atoms with Crippen LogP contribution in [0.1, 0.15) is 59.8 Å². The number of thioether (sulfide) groups is 1. The lowest BCUT2D eigenvalue weighted by atomic mass is 9.78. The molecule has 0 radical (unpaired) electrons. The van der Waals surface area contributed by atoms with Gasteiger partial charge in [0.25, 0.3) is 0 Å². The highest BCUT2D eigenvalue weighted by Gasteiger charge is 2.41. The summed E-state index contributed by atoms with van der Waals surface area (Å²) in [5.74, 6) is 3.28. The Bertz CT molecular complexity index is 287. The van der Waals surface area contributed by atoms with Crippen LogP contribution in [0.25, 0.3) is 0 Å². The molecule has 0 aromatic carbocycles. The molecule has 1 spiro atoms. The lowest BCUT2D eigenvalue weighted by Gasteiger charge is -2.52. The average molecular weight is 299 g/mol. The highest BCUT2D eigenvalue weighted by Crippen LogP contribution is 2.34. The molecule has 1 heterocycles. The molecule has 0 aromatic heterocycles. The van der Waals surface area contributed by atoms with Gasteiger partial charge in [0.05, 0.1) is 0 Å². The minimum atomic E-state index is 0.439. The van der Waals surface area contributed by atoms with E-state index < -0.39 is 0 Å². The molecule has 2 aliphatic rings. The molecule has 2 unspecified atom stereocenters. The number of nitrogens with one attached hydrogen (secondary N) is 1. The third kappa shape index (κ3) is 3.92. The molecule has 0 amide bonds. The summed E-state index contributed by atoms with van der Waals surface area (Å²) in [5.41, 5.74) is 0.439. The Morgan fingerprint density at radius 1 is 1.20 bits per heavy atom.